The quantitative estimate of drug-likeness (QED) is 0.642. The number of amides is 3. The highest BCUT2D eigenvalue weighted by Crippen LogP contribution is 2.53. The third kappa shape index (κ3) is 2.75. The fourth-order valence-corrected chi connectivity index (χ4v) is 5.28. The van der Waals surface area contributed by atoms with Gasteiger partial charge in [0, 0.05) is 23.8 Å². The van der Waals surface area contributed by atoms with Crippen LogP contribution in [0.4, 0.5) is 10.1 Å². The van der Waals surface area contributed by atoms with Crippen LogP contribution < -0.4 is 10.6 Å². The molecule has 5 atom stereocenters. The maximum absolute atomic E-state index is 14.1. The van der Waals surface area contributed by atoms with E-state index in [0.29, 0.717) is 17.7 Å². The van der Waals surface area contributed by atoms with Crippen LogP contribution in [0.1, 0.15) is 18.1 Å². The summed E-state index contributed by atoms with van der Waals surface area (Å²) in [5.41, 5.74) is 0.0672. The monoisotopic (exact) mass is 423 g/mol. The molecule has 0 aliphatic carbocycles. The maximum atomic E-state index is 14.1. The topological polar surface area (TPSA) is 98.7 Å². The lowest BCUT2D eigenvalue weighted by Crippen LogP contribution is -2.55. The number of hydrogen-bond donors (Lipinski definition) is 3. The van der Waals surface area contributed by atoms with Crippen LogP contribution in [0.3, 0.4) is 0 Å². The number of aliphatic hydroxyl groups is 1. The number of nitrogens with one attached hydrogen (secondary N) is 2. The lowest BCUT2D eigenvalue weighted by atomic mass is 9.76. The zero-order valence-electron chi connectivity index (χ0n) is 16.8. The van der Waals surface area contributed by atoms with Gasteiger partial charge in [-0.05, 0) is 37.1 Å². The number of anilines is 1. The fourth-order valence-electron chi connectivity index (χ4n) is 5.28. The second-order valence-electron chi connectivity index (χ2n) is 8.43. The SMILES string of the molecule is C[C@H](O)[C@@H]1N[C@]2(C(=O)Nc3ccc(F)cc32)[C@@H]2C(=O)N(CCc3ccccc3)C(=O)[C@H]12. The number of benzene rings is 2. The van der Waals surface area contributed by atoms with Gasteiger partial charge in [-0.1, -0.05) is 30.3 Å². The van der Waals surface area contributed by atoms with Crippen LogP contribution in [0, 0.1) is 17.7 Å². The Morgan fingerprint density at radius 3 is 2.58 bits per heavy atom. The Labute approximate surface area is 178 Å². The second-order valence-corrected chi connectivity index (χ2v) is 8.43. The Kier molecular flexibility index (Phi) is 4.46. The Morgan fingerprint density at radius 1 is 1.13 bits per heavy atom. The van der Waals surface area contributed by atoms with Crippen molar-refractivity contribution in [2.45, 2.75) is 31.0 Å². The molecule has 3 aliphatic rings. The van der Waals surface area contributed by atoms with E-state index in [4.69, 9.17) is 0 Å². The van der Waals surface area contributed by atoms with Gasteiger partial charge in [0.1, 0.15) is 11.4 Å². The van der Waals surface area contributed by atoms with E-state index < -0.39 is 53.1 Å². The van der Waals surface area contributed by atoms with Crippen molar-refractivity contribution in [3.63, 3.8) is 0 Å². The first-order chi connectivity index (χ1) is 14.8. The van der Waals surface area contributed by atoms with Crippen LogP contribution in [0.25, 0.3) is 0 Å². The van der Waals surface area contributed by atoms with Crippen molar-refractivity contribution >= 4 is 23.4 Å². The molecule has 5 rings (SSSR count). The van der Waals surface area contributed by atoms with E-state index in [1.54, 1.807) is 0 Å². The minimum Gasteiger partial charge on any atom is -0.392 e. The highest BCUT2D eigenvalue weighted by atomic mass is 19.1. The Balaban J connectivity index is 1.55. The molecule has 0 aromatic heterocycles. The van der Waals surface area contributed by atoms with Crippen LogP contribution >= 0.6 is 0 Å². The van der Waals surface area contributed by atoms with E-state index in [1.165, 1.54) is 30.0 Å². The standard InChI is InChI=1S/C23H22FN3O4/c1-12(28)19-17-18(21(30)27(20(17)29)10-9-13-5-3-2-4-6-13)23(26-19)15-11-14(24)7-8-16(15)25-22(23)31/h2-8,11-12,17-19,26,28H,9-10H2,1H3,(H,25,31)/t12-,17-,18-,19-,23-/m0/s1. The third-order valence-corrected chi connectivity index (χ3v) is 6.69. The van der Waals surface area contributed by atoms with E-state index >= 15 is 0 Å². The molecule has 2 aromatic carbocycles. The number of rotatable bonds is 4. The molecule has 7 nitrogen and oxygen atoms in total. The molecule has 3 aliphatic heterocycles. The number of halogens is 1. The number of imide groups is 1. The molecular formula is C23H22FN3O4. The number of likely N-dealkylation sites (tertiary alicyclic amines) is 1. The molecule has 0 radical (unpaired) electrons. The second kappa shape index (κ2) is 6.96. The van der Waals surface area contributed by atoms with Crippen LogP contribution in [0.2, 0.25) is 0 Å². The molecule has 31 heavy (non-hydrogen) atoms. The van der Waals surface area contributed by atoms with Gasteiger partial charge in [0.2, 0.25) is 17.7 Å². The lowest BCUT2D eigenvalue weighted by molar-refractivity contribution is -0.143. The van der Waals surface area contributed by atoms with Gasteiger partial charge in [0.15, 0.2) is 0 Å². The average Bonchev–Trinajstić information content (AvgIpc) is 3.33. The normalized spacial score (nSPS) is 30.0. The van der Waals surface area contributed by atoms with Crippen LogP contribution in [0.15, 0.2) is 48.5 Å². The Bertz CT molecular complexity index is 1090. The van der Waals surface area contributed by atoms with Gasteiger partial charge < -0.3 is 10.4 Å². The highest BCUT2D eigenvalue weighted by molar-refractivity contribution is 6.15. The van der Waals surface area contributed by atoms with Crippen molar-refractivity contribution in [2.75, 3.05) is 11.9 Å². The minimum absolute atomic E-state index is 0.176. The van der Waals surface area contributed by atoms with E-state index in [9.17, 15) is 23.9 Å². The molecular weight excluding hydrogens is 401 g/mol. The number of carbonyl (C=O) groups is 3. The highest BCUT2D eigenvalue weighted by Gasteiger charge is 2.71. The number of carbonyl (C=O) groups excluding carboxylic acids is 3. The van der Waals surface area contributed by atoms with Gasteiger partial charge >= 0.3 is 0 Å². The summed E-state index contributed by atoms with van der Waals surface area (Å²) in [6.07, 6.45) is -0.516. The maximum Gasteiger partial charge on any atom is 0.250 e. The summed E-state index contributed by atoms with van der Waals surface area (Å²) < 4.78 is 14.1. The molecule has 2 fully saturated rings. The van der Waals surface area contributed by atoms with Crippen molar-refractivity contribution in [1.29, 1.82) is 0 Å². The van der Waals surface area contributed by atoms with E-state index in [0.717, 1.165) is 5.56 Å². The Hall–Kier alpha value is -3.10. The molecule has 0 bridgehead atoms. The van der Waals surface area contributed by atoms with Crippen molar-refractivity contribution in [3.05, 3.63) is 65.5 Å². The summed E-state index contributed by atoms with van der Waals surface area (Å²) in [5.74, 6) is -3.93. The van der Waals surface area contributed by atoms with Crippen molar-refractivity contribution in [2.24, 2.45) is 11.8 Å². The number of aliphatic hydroxyl groups excluding tert-OH is 1. The molecule has 3 heterocycles. The number of fused-ring (bicyclic) bond motifs is 4. The minimum atomic E-state index is -1.60. The molecule has 3 amide bonds. The molecule has 0 unspecified atom stereocenters. The van der Waals surface area contributed by atoms with E-state index in [2.05, 4.69) is 10.6 Å². The third-order valence-electron chi connectivity index (χ3n) is 6.69. The zero-order chi connectivity index (χ0) is 21.9. The number of hydrogen-bond acceptors (Lipinski definition) is 5. The van der Waals surface area contributed by atoms with Gasteiger partial charge in [0.25, 0.3) is 0 Å². The van der Waals surface area contributed by atoms with Gasteiger partial charge in [0.05, 0.1) is 17.9 Å². The van der Waals surface area contributed by atoms with Gasteiger partial charge in [-0.2, -0.15) is 0 Å². The molecule has 1 spiro atoms. The summed E-state index contributed by atoms with van der Waals surface area (Å²) in [7, 11) is 0. The molecule has 2 aromatic rings. The van der Waals surface area contributed by atoms with Crippen molar-refractivity contribution in [3.8, 4) is 0 Å². The number of nitrogens with zero attached hydrogens (tertiary/aromatic N) is 1. The van der Waals surface area contributed by atoms with Crippen LogP contribution in [-0.4, -0.2) is 46.4 Å². The summed E-state index contributed by atoms with van der Waals surface area (Å²) >= 11 is 0. The summed E-state index contributed by atoms with van der Waals surface area (Å²) in [6.45, 7) is 1.69. The molecule has 8 heteroatoms. The predicted molar refractivity (Wildman–Crippen MR) is 109 cm³/mol. The predicted octanol–water partition coefficient (Wildman–Crippen LogP) is 1.17. The summed E-state index contributed by atoms with van der Waals surface area (Å²) in [4.78, 5) is 41.1. The van der Waals surface area contributed by atoms with Crippen molar-refractivity contribution in [1.82, 2.24) is 10.2 Å². The fraction of sp³-hybridized carbons (Fsp3) is 0.348. The van der Waals surface area contributed by atoms with Gasteiger partial charge in [-0.15, -0.1) is 0 Å². The molecule has 2 saturated heterocycles. The van der Waals surface area contributed by atoms with Crippen LogP contribution in [-0.2, 0) is 26.3 Å². The first-order valence-electron chi connectivity index (χ1n) is 10.3. The first-order valence-corrected chi connectivity index (χ1v) is 10.3. The first kappa shape index (κ1) is 19.8. The average molecular weight is 423 g/mol. The smallest absolute Gasteiger partial charge is 0.250 e. The van der Waals surface area contributed by atoms with E-state index in [1.807, 2.05) is 30.3 Å². The van der Waals surface area contributed by atoms with E-state index in [-0.39, 0.29) is 6.54 Å². The molecule has 3 N–H and O–H groups in total. The Morgan fingerprint density at radius 2 is 1.87 bits per heavy atom. The summed E-state index contributed by atoms with van der Waals surface area (Å²) in [6, 6.07) is 12.5. The van der Waals surface area contributed by atoms with Gasteiger partial charge in [-0.3, -0.25) is 24.6 Å². The molecule has 0 saturated carbocycles. The molecule has 160 valence electrons. The van der Waals surface area contributed by atoms with Crippen molar-refractivity contribution < 1.29 is 23.9 Å². The van der Waals surface area contributed by atoms with Gasteiger partial charge in [-0.25, -0.2) is 4.39 Å². The van der Waals surface area contributed by atoms with Crippen LogP contribution in [0.5, 0.6) is 0 Å². The largest absolute Gasteiger partial charge is 0.392 e. The lowest BCUT2D eigenvalue weighted by Gasteiger charge is -2.30. The summed E-state index contributed by atoms with van der Waals surface area (Å²) in [5, 5.41) is 16.1. The zero-order valence-corrected chi connectivity index (χ0v) is 16.8.